The number of nitrogens with one attached hydrogen (secondary N) is 1. The summed E-state index contributed by atoms with van der Waals surface area (Å²) in [6.45, 7) is 11.2. The molecule has 0 bridgehead atoms. The lowest BCUT2D eigenvalue weighted by molar-refractivity contribution is 0.0949. The van der Waals surface area contributed by atoms with Crippen LogP contribution in [-0.2, 0) is 0 Å². The molecule has 0 spiro atoms. The third-order valence-corrected chi connectivity index (χ3v) is 3.02. The molecule has 0 atom stereocenters. The molecule has 106 valence electrons. The maximum absolute atomic E-state index is 12.1. The van der Waals surface area contributed by atoms with E-state index in [9.17, 15) is 4.79 Å². The van der Waals surface area contributed by atoms with Crippen LogP contribution in [0.4, 0.5) is 0 Å². The second-order valence-corrected chi connectivity index (χ2v) is 6.71. The Labute approximate surface area is 120 Å². The van der Waals surface area contributed by atoms with Crippen molar-refractivity contribution in [3.8, 4) is 0 Å². The van der Waals surface area contributed by atoms with Crippen molar-refractivity contribution in [1.82, 2.24) is 10.3 Å². The van der Waals surface area contributed by atoms with Gasteiger partial charge < -0.3 is 5.32 Å². The number of hydrogen-bond acceptors (Lipinski definition) is 2. The molecule has 0 aromatic carbocycles. The summed E-state index contributed by atoms with van der Waals surface area (Å²) in [5, 5.41) is 3.29. The first-order chi connectivity index (χ1) is 8.69. The fourth-order valence-corrected chi connectivity index (χ4v) is 1.81. The maximum atomic E-state index is 12.1. The maximum Gasteiger partial charge on any atom is 0.251 e. The van der Waals surface area contributed by atoms with Crippen molar-refractivity contribution in [3.63, 3.8) is 0 Å². The minimum Gasteiger partial charge on any atom is -0.352 e. The zero-order valence-corrected chi connectivity index (χ0v) is 13.1. The highest BCUT2D eigenvalue weighted by atomic mass is 35.5. The number of hydrogen-bond donors (Lipinski definition) is 1. The molecule has 4 heteroatoms. The van der Waals surface area contributed by atoms with Gasteiger partial charge in [-0.05, 0) is 29.9 Å². The van der Waals surface area contributed by atoms with E-state index in [-0.39, 0.29) is 17.2 Å². The van der Waals surface area contributed by atoms with Gasteiger partial charge in [0.05, 0.1) is 0 Å². The Morgan fingerprint density at radius 3 is 2.53 bits per heavy atom. The fraction of sp³-hybridized carbons (Fsp3) is 0.600. The van der Waals surface area contributed by atoms with E-state index in [0.717, 1.165) is 12.1 Å². The van der Waals surface area contributed by atoms with Crippen LogP contribution in [0.1, 0.15) is 63.0 Å². The summed E-state index contributed by atoms with van der Waals surface area (Å²) in [5.74, 6) is 0.162. The lowest BCUT2D eigenvalue weighted by Crippen LogP contribution is -2.27. The van der Waals surface area contributed by atoms with Crippen molar-refractivity contribution in [2.45, 2.75) is 47.0 Å². The number of rotatable bonds is 4. The Balaban J connectivity index is 2.72. The first kappa shape index (κ1) is 16.0. The van der Waals surface area contributed by atoms with Crippen LogP contribution in [0.3, 0.4) is 0 Å². The van der Waals surface area contributed by atoms with Crippen LogP contribution in [0.15, 0.2) is 12.1 Å². The lowest BCUT2D eigenvalue weighted by Gasteiger charge is -2.18. The van der Waals surface area contributed by atoms with Crippen LogP contribution in [0, 0.1) is 5.41 Å². The Bertz CT molecular complexity index is 450. The van der Waals surface area contributed by atoms with Crippen molar-refractivity contribution in [2.75, 3.05) is 6.54 Å². The van der Waals surface area contributed by atoms with E-state index in [1.165, 1.54) is 0 Å². The summed E-state index contributed by atoms with van der Waals surface area (Å²) in [4.78, 5) is 16.3. The largest absolute Gasteiger partial charge is 0.352 e. The molecule has 0 aliphatic rings. The number of halogens is 1. The van der Waals surface area contributed by atoms with Gasteiger partial charge in [-0.15, -0.1) is 0 Å². The Kier molecular flexibility index (Phi) is 5.36. The van der Waals surface area contributed by atoms with Crippen LogP contribution < -0.4 is 5.32 Å². The average molecular weight is 283 g/mol. The van der Waals surface area contributed by atoms with Crippen LogP contribution >= 0.6 is 11.6 Å². The number of carbonyl (C=O) groups excluding carboxylic acids is 1. The number of aromatic nitrogens is 1. The second-order valence-electron chi connectivity index (χ2n) is 6.32. The Morgan fingerprint density at radius 1 is 1.37 bits per heavy atom. The predicted octanol–water partition coefficient (Wildman–Crippen LogP) is 4.02. The van der Waals surface area contributed by atoms with Gasteiger partial charge in [-0.2, -0.15) is 0 Å². The van der Waals surface area contributed by atoms with Crippen molar-refractivity contribution in [1.29, 1.82) is 0 Å². The van der Waals surface area contributed by atoms with Gasteiger partial charge in [0.1, 0.15) is 5.15 Å². The van der Waals surface area contributed by atoms with Crippen LogP contribution in [0.25, 0.3) is 0 Å². The average Bonchev–Trinajstić information content (AvgIpc) is 2.26. The summed E-state index contributed by atoms with van der Waals surface area (Å²) in [6, 6.07) is 3.42. The van der Waals surface area contributed by atoms with E-state index in [4.69, 9.17) is 11.6 Å². The summed E-state index contributed by atoms with van der Waals surface area (Å²) in [6.07, 6.45) is 0.939. The Morgan fingerprint density at radius 2 is 2.00 bits per heavy atom. The molecule has 1 rings (SSSR count). The SMILES string of the molecule is CC(C)c1cc(C(=O)NCCC(C)(C)C)cc(Cl)n1. The molecule has 19 heavy (non-hydrogen) atoms. The smallest absolute Gasteiger partial charge is 0.251 e. The quantitative estimate of drug-likeness (QED) is 0.848. The lowest BCUT2D eigenvalue weighted by atomic mass is 9.92. The van der Waals surface area contributed by atoms with Crippen LogP contribution in [0.5, 0.6) is 0 Å². The van der Waals surface area contributed by atoms with Crippen LogP contribution in [-0.4, -0.2) is 17.4 Å². The predicted molar refractivity (Wildman–Crippen MR) is 79.7 cm³/mol. The summed E-state index contributed by atoms with van der Waals surface area (Å²) in [5.41, 5.74) is 1.64. The standard InChI is InChI=1S/C15H23ClN2O/c1-10(2)12-8-11(9-13(16)18-12)14(19)17-7-6-15(3,4)5/h8-10H,6-7H2,1-5H3,(H,17,19). The molecule has 1 aromatic heterocycles. The number of carbonyl (C=O) groups is 1. The van der Waals surface area contributed by atoms with E-state index in [2.05, 4.69) is 31.1 Å². The minimum absolute atomic E-state index is 0.0875. The van der Waals surface area contributed by atoms with Gasteiger partial charge in [0.15, 0.2) is 0 Å². The third kappa shape index (κ3) is 5.60. The molecule has 0 fully saturated rings. The molecule has 0 radical (unpaired) electrons. The highest BCUT2D eigenvalue weighted by molar-refractivity contribution is 6.29. The molecular weight excluding hydrogens is 260 g/mol. The summed E-state index contributed by atoms with van der Waals surface area (Å²) in [7, 11) is 0. The van der Waals surface area contributed by atoms with Crippen molar-refractivity contribution >= 4 is 17.5 Å². The van der Waals surface area contributed by atoms with Crippen molar-refractivity contribution in [2.24, 2.45) is 5.41 Å². The molecule has 0 aliphatic heterocycles. The van der Waals surface area contributed by atoms with Gasteiger partial charge in [-0.1, -0.05) is 46.2 Å². The molecule has 0 saturated carbocycles. The topological polar surface area (TPSA) is 42.0 Å². The first-order valence-corrected chi connectivity index (χ1v) is 7.02. The molecule has 1 aromatic rings. The van der Waals surface area contributed by atoms with Crippen molar-refractivity contribution in [3.05, 3.63) is 28.5 Å². The zero-order valence-electron chi connectivity index (χ0n) is 12.4. The van der Waals surface area contributed by atoms with E-state index < -0.39 is 0 Å². The molecule has 1 amide bonds. The van der Waals surface area contributed by atoms with Gasteiger partial charge in [0, 0.05) is 17.8 Å². The monoisotopic (exact) mass is 282 g/mol. The molecule has 0 saturated heterocycles. The number of nitrogens with zero attached hydrogens (tertiary/aromatic N) is 1. The van der Waals surface area contributed by atoms with Crippen LogP contribution in [0.2, 0.25) is 5.15 Å². The van der Waals surface area contributed by atoms with E-state index >= 15 is 0 Å². The molecule has 3 nitrogen and oxygen atoms in total. The van der Waals surface area contributed by atoms with E-state index in [1.807, 2.05) is 19.9 Å². The molecule has 1 N–H and O–H groups in total. The minimum atomic E-state index is -0.0875. The molecule has 0 unspecified atom stereocenters. The summed E-state index contributed by atoms with van der Waals surface area (Å²) >= 11 is 5.95. The van der Waals surface area contributed by atoms with Gasteiger partial charge in [0.2, 0.25) is 0 Å². The van der Waals surface area contributed by atoms with E-state index in [0.29, 0.717) is 17.3 Å². The van der Waals surface area contributed by atoms with Gasteiger partial charge in [-0.25, -0.2) is 4.98 Å². The van der Waals surface area contributed by atoms with Gasteiger partial charge in [-0.3, -0.25) is 4.79 Å². The fourth-order valence-electron chi connectivity index (χ4n) is 1.60. The molecular formula is C15H23ClN2O. The van der Waals surface area contributed by atoms with Gasteiger partial charge in [0.25, 0.3) is 5.91 Å². The molecule has 0 aliphatic carbocycles. The first-order valence-electron chi connectivity index (χ1n) is 6.65. The Hall–Kier alpha value is -1.09. The third-order valence-electron chi connectivity index (χ3n) is 2.83. The van der Waals surface area contributed by atoms with E-state index in [1.54, 1.807) is 6.07 Å². The second kappa shape index (κ2) is 6.38. The number of amides is 1. The highest BCUT2D eigenvalue weighted by Crippen LogP contribution is 2.19. The molecule has 1 heterocycles. The van der Waals surface area contributed by atoms with Gasteiger partial charge >= 0.3 is 0 Å². The normalized spacial score (nSPS) is 11.7. The number of pyridine rings is 1. The zero-order chi connectivity index (χ0) is 14.6. The van der Waals surface area contributed by atoms with Crippen molar-refractivity contribution < 1.29 is 4.79 Å². The highest BCUT2D eigenvalue weighted by Gasteiger charge is 2.13. The summed E-state index contributed by atoms with van der Waals surface area (Å²) < 4.78 is 0.